The third-order valence-corrected chi connectivity index (χ3v) is 6.02. The molecule has 3 aromatic rings. The van der Waals surface area contributed by atoms with E-state index < -0.39 is 0 Å². The van der Waals surface area contributed by atoms with Crippen molar-refractivity contribution in [1.29, 1.82) is 0 Å². The number of carbonyl (C=O) groups excluding carboxylic acids is 1. The number of aliphatic hydroxyl groups is 1. The lowest BCUT2D eigenvalue weighted by atomic mass is 9.82. The minimum Gasteiger partial charge on any atom is -0.394 e. The number of aromatic nitrogens is 2. The number of likely N-dealkylation sites (tertiary alicyclic amines) is 1. The van der Waals surface area contributed by atoms with Crippen LogP contribution in [0.5, 0.6) is 0 Å². The van der Waals surface area contributed by atoms with Gasteiger partial charge in [0.05, 0.1) is 24.9 Å². The van der Waals surface area contributed by atoms with Crippen molar-refractivity contribution >= 4 is 11.6 Å². The minimum atomic E-state index is -0.111. The first kappa shape index (κ1) is 17.8. The van der Waals surface area contributed by atoms with Gasteiger partial charge >= 0.3 is 0 Å². The average Bonchev–Trinajstić information content (AvgIpc) is 3.24. The van der Waals surface area contributed by atoms with Gasteiger partial charge in [-0.3, -0.25) is 9.78 Å². The first-order valence-electron chi connectivity index (χ1n) is 9.90. The molecule has 0 radical (unpaired) electrons. The van der Waals surface area contributed by atoms with Crippen molar-refractivity contribution in [3.05, 3.63) is 78.4 Å². The van der Waals surface area contributed by atoms with Crippen LogP contribution in [0.4, 0.5) is 5.69 Å². The largest absolute Gasteiger partial charge is 0.394 e. The lowest BCUT2D eigenvalue weighted by molar-refractivity contribution is 0.0694. The second kappa shape index (κ2) is 7.29. The molecule has 1 amide bonds. The molecule has 1 aromatic heterocycles. The molecule has 1 saturated heterocycles. The van der Waals surface area contributed by atoms with Crippen LogP contribution < -0.4 is 5.32 Å². The second-order valence-electron chi connectivity index (χ2n) is 7.59. The van der Waals surface area contributed by atoms with Crippen LogP contribution >= 0.6 is 0 Å². The molecule has 29 heavy (non-hydrogen) atoms. The monoisotopic (exact) mass is 386 g/mol. The van der Waals surface area contributed by atoms with E-state index in [1.54, 1.807) is 12.4 Å². The van der Waals surface area contributed by atoms with Crippen LogP contribution in [-0.2, 0) is 0 Å². The summed E-state index contributed by atoms with van der Waals surface area (Å²) < 4.78 is 0. The van der Waals surface area contributed by atoms with Crippen molar-refractivity contribution in [2.24, 2.45) is 5.92 Å². The van der Waals surface area contributed by atoms with E-state index in [4.69, 9.17) is 0 Å². The Kier molecular flexibility index (Phi) is 4.48. The molecule has 0 saturated carbocycles. The fourth-order valence-electron chi connectivity index (χ4n) is 4.66. The smallest absolute Gasteiger partial charge is 0.274 e. The number of amides is 1. The molecule has 3 heterocycles. The van der Waals surface area contributed by atoms with Gasteiger partial charge in [0.2, 0.25) is 0 Å². The SMILES string of the molecule is O=C(c1cnccn1)N1CC[C@H]2[C@H](CO)Nc3ccc(-c4ccccc4)cc3[C@H]21. The molecule has 2 aliphatic heterocycles. The van der Waals surface area contributed by atoms with E-state index in [0.29, 0.717) is 12.2 Å². The lowest BCUT2D eigenvalue weighted by Crippen LogP contribution is -2.43. The van der Waals surface area contributed by atoms with Gasteiger partial charge in [-0.1, -0.05) is 36.4 Å². The summed E-state index contributed by atoms with van der Waals surface area (Å²) >= 11 is 0. The molecule has 0 bridgehead atoms. The molecule has 2 aromatic carbocycles. The van der Waals surface area contributed by atoms with Gasteiger partial charge in [-0.25, -0.2) is 4.98 Å². The number of anilines is 1. The number of hydrogen-bond donors (Lipinski definition) is 2. The first-order valence-corrected chi connectivity index (χ1v) is 9.90. The Morgan fingerprint density at radius 3 is 2.76 bits per heavy atom. The molecule has 146 valence electrons. The first-order chi connectivity index (χ1) is 14.3. The molecule has 2 aliphatic rings. The van der Waals surface area contributed by atoms with Crippen LogP contribution in [0.25, 0.3) is 11.1 Å². The zero-order valence-electron chi connectivity index (χ0n) is 15.9. The highest BCUT2D eigenvalue weighted by atomic mass is 16.3. The van der Waals surface area contributed by atoms with Crippen molar-refractivity contribution in [1.82, 2.24) is 14.9 Å². The summed E-state index contributed by atoms with van der Waals surface area (Å²) in [6, 6.07) is 16.4. The predicted octanol–water partition coefficient (Wildman–Crippen LogP) is 3.13. The highest BCUT2D eigenvalue weighted by Crippen LogP contribution is 2.47. The Labute approximate surface area is 169 Å². The van der Waals surface area contributed by atoms with Gasteiger partial charge in [0.15, 0.2) is 0 Å². The number of hydrogen-bond acceptors (Lipinski definition) is 5. The van der Waals surface area contributed by atoms with Crippen molar-refractivity contribution in [2.45, 2.75) is 18.5 Å². The topological polar surface area (TPSA) is 78.4 Å². The quantitative estimate of drug-likeness (QED) is 0.723. The van der Waals surface area contributed by atoms with Gasteiger partial charge in [0.25, 0.3) is 5.91 Å². The Morgan fingerprint density at radius 1 is 1.14 bits per heavy atom. The Hall–Kier alpha value is -3.25. The normalized spacial score (nSPS) is 22.5. The van der Waals surface area contributed by atoms with E-state index in [9.17, 15) is 9.90 Å². The van der Waals surface area contributed by atoms with E-state index >= 15 is 0 Å². The molecule has 6 heteroatoms. The van der Waals surface area contributed by atoms with Crippen LogP contribution in [0.1, 0.15) is 28.5 Å². The molecular weight excluding hydrogens is 364 g/mol. The maximum absolute atomic E-state index is 13.2. The van der Waals surface area contributed by atoms with Gasteiger partial charge in [-0.2, -0.15) is 0 Å². The third-order valence-electron chi connectivity index (χ3n) is 6.02. The molecule has 5 rings (SSSR count). The summed E-state index contributed by atoms with van der Waals surface area (Å²) in [5, 5.41) is 13.4. The molecular formula is C23H22N4O2. The van der Waals surface area contributed by atoms with E-state index in [0.717, 1.165) is 28.8 Å². The van der Waals surface area contributed by atoms with Gasteiger partial charge in [0.1, 0.15) is 5.69 Å². The number of fused-ring (bicyclic) bond motifs is 3. The Morgan fingerprint density at radius 2 is 2.00 bits per heavy atom. The number of rotatable bonds is 3. The van der Waals surface area contributed by atoms with E-state index in [1.165, 1.54) is 6.20 Å². The highest BCUT2D eigenvalue weighted by Gasteiger charge is 2.46. The lowest BCUT2D eigenvalue weighted by Gasteiger charge is -2.39. The predicted molar refractivity (Wildman–Crippen MR) is 110 cm³/mol. The highest BCUT2D eigenvalue weighted by molar-refractivity contribution is 5.93. The summed E-state index contributed by atoms with van der Waals surface area (Å²) in [6.07, 6.45) is 5.46. The molecule has 1 fully saturated rings. The zero-order chi connectivity index (χ0) is 19.8. The fraction of sp³-hybridized carbons (Fsp3) is 0.261. The summed E-state index contributed by atoms with van der Waals surface area (Å²) in [6.45, 7) is 0.673. The fourth-order valence-corrected chi connectivity index (χ4v) is 4.66. The minimum absolute atomic E-state index is 0.0359. The van der Waals surface area contributed by atoms with Gasteiger partial charge in [-0.15, -0.1) is 0 Å². The standard InChI is InChI=1S/C23H22N4O2/c28-14-21-17-8-11-27(23(29)20-13-24-9-10-25-20)22(17)18-12-16(6-7-19(18)26-21)15-4-2-1-3-5-15/h1-7,9-10,12-13,17,21-22,26,28H,8,11,14H2/t17-,21-,22-/m0/s1. The summed E-state index contributed by atoms with van der Waals surface area (Å²) in [4.78, 5) is 23.3. The maximum Gasteiger partial charge on any atom is 0.274 e. The number of aliphatic hydroxyl groups excluding tert-OH is 1. The average molecular weight is 386 g/mol. The molecule has 0 unspecified atom stereocenters. The number of nitrogens with zero attached hydrogens (tertiary/aromatic N) is 3. The van der Waals surface area contributed by atoms with Crippen LogP contribution in [0.3, 0.4) is 0 Å². The zero-order valence-corrected chi connectivity index (χ0v) is 15.9. The van der Waals surface area contributed by atoms with Crippen LogP contribution in [0.2, 0.25) is 0 Å². The Bertz CT molecular complexity index is 1030. The Balaban J connectivity index is 1.58. The van der Waals surface area contributed by atoms with Crippen LogP contribution in [0, 0.1) is 5.92 Å². The van der Waals surface area contributed by atoms with Crippen molar-refractivity contribution < 1.29 is 9.90 Å². The molecule has 2 N–H and O–H groups in total. The number of carbonyl (C=O) groups is 1. The summed E-state index contributed by atoms with van der Waals surface area (Å²) in [5.74, 6) is 0.0411. The van der Waals surface area contributed by atoms with Crippen molar-refractivity contribution in [3.63, 3.8) is 0 Å². The third kappa shape index (κ3) is 3.06. The van der Waals surface area contributed by atoms with E-state index in [-0.39, 0.29) is 30.5 Å². The van der Waals surface area contributed by atoms with Crippen LogP contribution in [0.15, 0.2) is 67.1 Å². The summed E-state index contributed by atoms with van der Waals surface area (Å²) in [5.41, 5.74) is 4.68. The summed E-state index contributed by atoms with van der Waals surface area (Å²) in [7, 11) is 0. The maximum atomic E-state index is 13.2. The van der Waals surface area contributed by atoms with Crippen LogP contribution in [-0.4, -0.2) is 45.1 Å². The molecule has 0 aliphatic carbocycles. The second-order valence-corrected chi connectivity index (χ2v) is 7.59. The number of benzene rings is 2. The van der Waals surface area contributed by atoms with E-state index in [2.05, 4.69) is 45.6 Å². The molecule has 3 atom stereocenters. The van der Waals surface area contributed by atoms with Gasteiger partial charge < -0.3 is 15.3 Å². The molecule has 6 nitrogen and oxygen atoms in total. The van der Waals surface area contributed by atoms with Crippen molar-refractivity contribution in [3.8, 4) is 11.1 Å². The molecule has 0 spiro atoms. The van der Waals surface area contributed by atoms with E-state index in [1.807, 2.05) is 23.1 Å². The van der Waals surface area contributed by atoms with Gasteiger partial charge in [0, 0.05) is 30.5 Å². The number of nitrogens with one attached hydrogen (secondary N) is 1. The van der Waals surface area contributed by atoms with Crippen molar-refractivity contribution in [2.75, 3.05) is 18.5 Å². The van der Waals surface area contributed by atoms with Gasteiger partial charge in [-0.05, 0) is 35.2 Å².